The van der Waals surface area contributed by atoms with Gasteiger partial charge in [0.25, 0.3) is 0 Å². The molecule has 0 aliphatic heterocycles. The number of H-pyrrole nitrogens is 1. The average molecular weight is 188 g/mol. The average Bonchev–Trinajstić information content (AvgIpc) is 2.37. The number of esters is 1. The number of carbonyl (C=O) groups excluding carboxylic acids is 1. The van der Waals surface area contributed by atoms with Gasteiger partial charge >= 0.3 is 5.97 Å². The van der Waals surface area contributed by atoms with Gasteiger partial charge in [-0.3, -0.25) is 4.79 Å². The highest BCUT2D eigenvalue weighted by Gasteiger charge is 2.06. The zero-order valence-electron chi connectivity index (χ0n) is 6.76. The lowest BCUT2D eigenvalue weighted by Gasteiger charge is -1.99. The van der Waals surface area contributed by atoms with Crippen molar-refractivity contribution in [2.24, 2.45) is 0 Å². The van der Waals surface area contributed by atoms with Crippen molar-refractivity contribution >= 4 is 17.6 Å². The number of carbonyl (C=O) groups is 1. The van der Waals surface area contributed by atoms with Gasteiger partial charge < -0.3 is 9.72 Å². The summed E-state index contributed by atoms with van der Waals surface area (Å²) in [6.07, 6.45) is 2.82. The third-order valence-corrected chi connectivity index (χ3v) is 1.63. The Hall–Kier alpha value is -0.960. The summed E-state index contributed by atoms with van der Waals surface area (Å²) in [4.78, 5) is 13.7. The Kier molecular flexibility index (Phi) is 3.17. The number of aromatic amines is 1. The number of ether oxygens (including phenoxy) is 1. The molecule has 4 heteroatoms. The van der Waals surface area contributed by atoms with E-state index in [-0.39, 0.29) is 5.97 Å². The largest absolute Gasteiger partial charge is 0.423 e. The number of hydrogen-bond acceptors (Lipinski definition) is 2. The Labute approximate surface area is 75.7 Å². The van der Waals surface area contributed by atoms with E-state index in [4.69, 9.17) is 16.3 Å². The highest BCUT2D eigenvalue weighted by Crippen LogP contribution is 2.22. The lowest BCUT2D eigenvalue weighted by molar-refractivity contribution is -0.134. The Balaban J connectivity index is 2.52. The maximum atomic E-state index is 11.0. The molecule has 0 fully saturated rings. The maximum Gasteiger partial charge on any atom is 0.311 e. The summed E-state index contributed by atoms with van der Waals surface area (Å²) in [6, 6.07) is 1.62. The Morgan fingerprint density at radius 2 is 2.50 bits per heavy atom. The van der Waals surface area contributed by atoms with Gasteiger partial charge in [-0.05, 0) is 6.42 Å². The predicted molar refractivity (Wildman–Crippen MR) is 46.3 cm³/mol. The summed E-state index contributed by atoms with van der Waals surface area (Å²) in [7, 11) is 0. The van der Waals surface area contributed by atoms with E-state index in [9.17, 15) is 4.79 Å². The molecule has 0 amide bonds. The maximum absolute atomic E-state index is 11.0. The van der Waals surface area contributed by atoms with Crippen LogP contribution in [0.25, 0.3) is 0 Å². The molecule has 0 aliphatic carbocycles. The topological polar surface area (TPSA) is 42.1 Å². The van der Waals surface area contributed by atoms with E-state index in [1.54, 1.807) is 12.3 Å². The zero-order valence-corrected chi connectivity index (χ0v) is 7.52. The number of nitrogens with one attached hydrogen (secondary N) is 1. The Morgan fingerprint density at radius 3 is 3.00 bits per heavy atom. The molecule has 1 rings (SSSR count). The van der Waals surface area contributed by atoms with Crippen molar-refractivity contribution in [3.05, 3.63) is 17.4 Å². The number of hydrogen-bond donors (Lipinski definition) is 1. The first-order valence-corrected chi connectivity index (χ1v) is 4.15. The van der Waals surface area contributed by atoms with E-state index in [0.717, 1.165) is 6.42 Å². The first kappa shape index (κ1) is 9.13. The Morgan fingerprint density at radius 1 is 1.75 bits per heavy atom. The normalized spacial score (nSPS) is 9.83. The molecule has 1 N–H and O–H groups in total. The van der Waals surface area contributed by atoms with Crippen LogP contribution >= 0.6 is 11.6 Å². The van der Waals surface area contributed by atoms with Crippen molar-refractivity contribution in [2.75, 3.05) is 0 Å². The molecule has 3 nitrogen and oxygen atoms in total. The second-order valence-electron chi connectivity index (χ2n) is 2.38. The smallest absolute Gasteiger partial charge is 0.311 e. The van der Waals surface area contributed by atoms with Crippen molar-refractivity contribution in [2.45, 2.75) is 19.8 Å². The van der Waals surface area contributed by atoms with Crippen LogP contribution in [0, 0.1) is 0 Å². The van der Waals surface area contributed by atoms with Crippen molar-refractivity contribution in [3.63, 3.8) is 0 Å². The third-order valence-electron chi connectivity index (χ3n) is 1.34. The van der Waals surface area contributed by atoms with Gasteiger partial charge in [-0.1, -0.05) is 18.5 Å². The summed E-state index contributed by atoms with van der Waals surface area (Å²) < 4.78 is 4.92. The lowest BCUT2D eigenvalue weighted by atomic mass is 10.3. The Bertz CT molecular complexity index is 270. The van der Waals surface area contributed by atoms with Crippen molar-refractivity contribution < 1.29 is 9.53 Å². The molecule has 0 atom stereocenters. The summed E-state index contributed by atoms with van der Waals surface area (Å²) in [5.41, 5.74) is 0. The van der Waals surface area contributed by atoms with Crippen molar-refractivity contribution in [1.82, 2.24) is 4.98 Å². The van der Waals surface area contributed by atoms with Crippen LogP contribution in [0.2, 0.25) is 5.15 Å². The van der Waals surface area contributed by atoms with Gasteiger partial charge in [0.1, 0.15) is 5.15 Å². The number of aromatic nitrogens is 1. The van der Waals surface area contributed by atoms with Gasteiger partial charge in [0.2, 0.25) is 0 Å². The fourth-order valence-corrected chi connectivity index (χ4v) is 0.956. The second kappa shape index (κ2) is 4.16. The van der Waals surface area contributed by atoms with Crippen LogP contribution in [0.5, 0.6) is 5.75 Å². The molecule has 1 aromatic heterocycles. The first-order chi connectivity index (χ1) is 5.74. The highest BCUT2D eigenvalue weighted by atomic mass is 35.5. The summed E-state index contributed by atoms with van der Waals surface area (Å²) >= 11 is 5.65. The third kappa shape index (κ3) is 2.27. The molecule has 0 bridgehead atoms. The van der Waals surface area contributed by atoms with Gasteiger partial charge in [-0.25, -0.2) is 0 Å². The molecule has 1 aromatic rings. The quantitative estimate of drug-likeness (QED) is 0.739. The lowest BCUT2D eigenvalue weighted by Crippen LogP contribution is -2.06. The van der Waals surface area contributed by atoms with Gasteiger partial charge in [-0.15, -0.1) is 0 Å². The molecule has 66 valence electrons. The standard InChI is InChI=1S/C8H10ClNO2/c1-2-3-7(11)12-6-4-5-10-8(6)9/h4-5,10H,2-3H2,1H3. The minimum Gasteiger partial charge on any atom is -0.423 e. The van der Waals surface area contributed by atoms with Crippen LogP contribution in [0.1, 0.15) is 19.8 Å². The molecular formula is C8H10ClNO2. The summed E-state index contributed by atoms with van der Waals surface area (Å²) in [5.74, 6) is 0.147. The fraction of sp³-hybridized carbons (Fsp3) is 0.375. The van der Waals surface area contributed by atoms with Gasteiger partial charge in [0, 0.05) is 18.7 Å². The van der Waals surface area contributed by atoms with Gasteiger partial charge in [0.05, 0.1) is 0 Å². The summed E-state index contributed by atoms with van der Waals surface area (Å²) in [6.45, 7) is 1.92. The van der Waals surface area contributed by atoms with Crippen LogP contribution < -0.4 is 4.74 Å². The second-order valence-corrected chi connectivity index (χ2v) is 2.76. The van der Waals surface area contributed by atoms with Crippen LogP contribution in [0.15, 0.2) is 12.3 Å². The van der Waals surface area contributed by atoms with Crippen LogP contribution in [-0.2, 0) is 4.79 Å². The predicted octanol–water partition coefficient (Wildman–Crippen LogP) is 2.37. The molecule has 1 heterocycles. The minimum atomic E-state index is -0.251. The number of halogens is 1. The molecule has 0 aliphatic rings. The molecule has 0 radical (unpaired) electrons. The van der Waals surface area contributed by atoms with E-state index < -0.39 is 0 Å². The van der Waals surface area contributed by atoms with Crippen molar-refractivity contribution in [3.8, 4) is 5.75 Å². The van der Waals surface area contributed by atoms with Crippen molar-refractivity contribution in [1.29, 1.82) is 0 Å². The van der Waals surface area contributed by atoms with E-state index in [1.165, 1.54) is 0 Å². The first-order valence-electron chi connectivity index (χ1n) is 3.77. The van der Waals surface area contributed by atoms with Gasteiger partial charge in [-0.2, -0.15) is 0 Å². The molecule has 0 unspecified atom stereocenters. The molecule has 0 aromatic carbocycles. The van der Waals surface area contributed by atoms with E-state index in [2.05, 4.69) is 4.98 Å². The molecule has 0 saturated heterocycles. The van der Waals surface area contributed by atoms with Crippen LogP contribution in [-0.4, -0.2) is 11.0 Å². The zero-order chi connectivity index (χ0) is 8.97. The molecule has 0 saturated carbocycles. The minimum absolute atomic E-state index is 0.251. The molecular weight excluding hydrogens is 178 g/mol. The van der Waals surface area contributed by atoms with Crippen LogP contribution in [0.3, 0.4) is 0 Å². The SMILES string of the molecule is CCCC(=O)Oc1cc[nH]c1Cl. The fourth-order valence-electron chi connectivity index (χ4n) is 0.791. The van der Waals surface area contributed by atoms with Gasteiger partial charge in [0.15, 0.2) is 5.75 Å². The van der Waals surface area contributed by atoms with E-state index >= 15 is 0 Å². The monoisotopic (exact) mass is 187 g/mol. The van der Waals surface area contributed by atoms with E-state index in [1.807, 2.05) is 6.92 Å². The van der Waals surface area contributed by atoms with Crippen LogP contribution in [0.4, 0.5) is 0 Å². The van der Waals surface area contributed by atoms with E-state index in [0.29, 0.717) is 17.3 Å². The molecule has 12 heavy (non-hydrogen) atoms. The highest BCUT2D eigenvalue weighted by molar-refractivity contribution is 6.31. The molecule has 0 spiro atoms. The number of rotatable bonds is 3. The summed E-state index contributed by atoms with van der Waals surface area (Å²) in [5, 5.41) is 0.361.